The van der Waals surface area contributed by atoms with Gasteiger partial charge in [0.15, 0.2) is 5.65 Å². The normalized spacial score (nSPS) is 11.7. The van der Waals surface area contributed by atoms with E-state index in [1.807, 2.05) is 35.7 Å². The quantitative estimate of drug-likeness (QED) is 0.391. The largest absolute Gasteiger partial charge is 0.468 e. The highest BCUT2D eigenvalue weighted by atomic mass is 32.2. The van der Waals surface area contributed by atoms with Gasteiger partial charge in [-0.3, -0.25) is 4.79 Å². The molecule has 0 aliphatic carbocycles. The van der Waals surface area contributed by atoms with Gasteiger partial charge in [0.05, 0.1) is 24.3 Å². The average molecular weight is 369 g/mol. The van der Waals surface area contributed by atoms with Crippen molar-refractivity contribution >= 4 is 23.4 Å². The maximum atomic E-state index is 11.6. The van der Waals surface area contributed by atoms with Crippen LogP contribution >= 0.6 is 11.8 Å². The minimum atomic E-state index is -0.260. The number of rotatable bonds is 4. The van der Waals surface area contributed by atoms with Gasteiger partial charge in [0.1, 0.15) is 5.03 Å². The monoisotopic (exact) mass is 369 g/mol. The van der Waals surface area contributed by atoms with Crippen molar-refractivity contribution in [2.75, 3.05) is 12.9 Å². The van der Waals surface area contributed by atoms with E-state index in [0.29, 0.717) is 0 Å². The van der Waals surface area contributed by atoms with Crippen molar-refractivity contribution in [3.8, 4) is 11.1 Å². The number of carbonyl (C=O) groups excluding carboxylic acids is 1. The molecule has 0 spiro atoms. The lowest BCUT2D eigenvalue weighted by atomic mass is 9.92. The number of thioether (sulfide) groups is 1. The molecular weight excluding hydrogens is 346 g/mol. The molecule has 0 radical (unpaired) electrons. The molecule has 0 amide bonds. The zero-order valence-corrected chi connectivity index (χ0v) is 16.6. The number of carbonyl (C=O) groups is 1. The number of aromatic nitrogens is 3. The van der Waals surface area contributed by atoms with Crippen molar-refractivity contribution in [2.45, 2.75) is 38.1 Å². The summed E-state index contributed by atoms with van der Waals surface area (Å²) in [5.74, 6) is -0.0249. The van der Waals surface area contributed by atoms with Gasteiger partial charge in [0.2, 0.25) is 0 Å². The Morgan fingerprint density at radius 3 is 2.54 bits per heavy atom. The third kappa shape index (κ3) is 3.60. The summed E-state index contributed by atoms with van der Waals surface area (Å²) in [4.78, 5) is 16.5. The number of ether oxygens (including phenoxy) is 1. The van der Waals surface area contributed by atoms with Crippen LogP contribution in [0, 0.1) is 6.92 Å². The highest BCUT2D eigenvalue weighted by Gasteiger charge is 2.22. The molecule has 0 fully saturated rings. The fourth-order valence-corrected chi connectivity index (χ4v) is 3.55. The van der Waals surface area contributed by atoms with Crippen LogP contribution in [0.2, 0.25) is 0 Å². The second-order valence-electron chi connectivity index (χ2n) is 7.16. The van der Waals surface area contributed by atoms with Crippen LogP contribution in [0.25, 0.3) is 16.8 Å². The average Bonchev–Trinajstić information content (AvgIpc) is 2.95. The molecule has 2 aromatic heterocycles. The molecular formula is C20H23N3O2S. The van der Waals surface area contributed by atoms with E-state index in [0.717, 1.165) is 33.2 Å². The third-order valence-electron chi connectivity index (χ3n) is 4.13. The molecule has 6 heteroatoms. The first kappa shape index (κ1) is 18.5. The first-order chi connectivity index (χ1) is 12.3. The first-order valence-corrected chi connectivity index (χ1v) is 9.45. The molecule has 3 rings (SSSR count). The number of nitrogens with zero attached hydrogens (tertiary/aromatic N) is 3. The van der Waals surface area contributed by atoms with Crippen LogP contribution in [0.3, 0.4) is 0 Å². The zero-order valence-electron chi connectivity index (χ0n) is 15.7. The molecule has 5 nitrogen and oxygen atoms in total. The van der Waals surface area contributed by atoms with Gasteiger partial charge in [-0.25, -0.2) is 9.50 Å². The van der Waals surface area contributed by atoms with E-state index in [9.17, 15) is 4.79 Å². The molecule has 0 N–H and O–H groups in total. The Balaban J connectivity index is 2.22. The van der Waals surface area contributed by atoms with Crippen LogP contribution in [0.5, 0.6) is 0 Å². The van der Waals surface area contributed by atoms with E-state index in [1.54, 1.807) is 0 Å². The molecule has 26 heavy (non-hydrogen) atoms. The second kappa shape index (κ2) is 7.11. The van der Waals surface area contributed by atoms with Crippen LogP contribution < -0.4 is 0 Å². The summed E-state index contributed by atoms with van der Waals surface area (Å²) >= 11 is 1.42. The summed E-state index contributed by atoms with van der Waals surface area (Å²) in [6, 6.07) is 12.2. The van der Waals surface area contributed by atoms with E-state index in [1.165, 1.54) is 18.9 Å². The van der Waals surface area contributed by atoms with Crippen LogP contribution in [0.15, 0.2) is 41.4 Å². The van der Waals surface area contributed by atoms with Gasteiger partial charge < -0.3 is 4.74 Å². The standard InChI is InChI=1S/C20H23N3O2S/c1-13-18(14-9-7-6-8-10-14)19-21-15(20(2,3)4)11-16(23(19)22-13)26-12-17(24)25-5/h6-11H,12H2,1-5H3. The highest BCUT2D eigenvalue weighted by Crippen LogP contribution is 2.33. The Kier molecular flexibility index (Phi) is 5.05. The van der Waals surface area contributed by atoms with Gasteiger partial charge in [-0.05, 0) is 18.6 Å². The lowest BCUT2D eigenvalue weighted by Crippen LogP contribution is -2.15. The van der Waals surface area contributed by atoms with Gasteiger partial charge in [0.25, 0.3) is 0 Å². The smallest absolute Gasteiger partial charge is 0.316 e. The fraction of sp³-hybridized carbons (Fsp3) is 0.350. The van der Waals surface area contributed by atoms with Crippen LogP contribution in [-0.2, 0) is 14.9 Å². The summed E-state index contributed by atoms with van der Waals surface area (Å²) in [7, 11) is 1.40. The van der Waals surface area contributed by atoms with Crippen molar-refractivity contribution in [1.82, 2.24) is 14.6 Å². The molecule has 0 bridgehead atoms. The lowest BCUT2D eigenvalue weighted by Gasteiger charge is -2.19. The molecule has 0 atom stereocenters. The summed E-state index contributed by atoms with van der Waals surface area (Å²) in [5, 5.41) is 5.58. The van der Waals surface area contributed by atoms with Gasteiger partial charge >= 0.3 is 5.97 Å². The van der Waals surface area contributed by atoms with Crippen LogP contribution in [-0.4, -0.2) is 33.4 Å². The number of fused-ring (bicyclic) bond motifs is 1. The Bertz CT molecular complexity index is 943. The Morgan fingerprint density at radius 2 is 1.92 bits per heavy atom. The van der Waals surface area contributed by atoms with Gasteiger partial charge in [-0.1, -0.05) is 62.9 Å². The zero-order chi connectivity index (χ0) is 18.9. The van der Waals surface area contributed by atoms with Crippen molar-refractivity contribution in [3.05, 3.63) is 47.8 Å². The Labute approximate surface area is 157 Å². The topological polar surface area (TPSA) is 56.5 Å². The van der Waals surface area contributed by atoms with E-state index in [2.05, 4.69) is 32.9 Å². The third-order valence-corrected chi connectivity index (χ3v) is 5.09. The van der Waals surface area contributed by atoms with Gasteiger partial charge in [-0.15, -0.1) is 0 Å². The van der Waals surface area contributed by atoms with E-state index < -0.39 is 0 Å². The van der Waals surface area contributed by atoms with Crippen molar-refractivity contribution < 1.29 is 9.53 Å². The summed E-state index contributed by atoms with van der Waals surface area (Å²) < 4.78 is 6.61. The van der Waals surface area contributed by atoms with Gasteiger partial charge in [-0.2, -0.15) is 5.10 Å². The van der Waals surface area contributed by atoms with Crippen molar-refractivity contribution in [3.63, 3.8) is 0 Å². The predicted octanol–water partition coefficient (Wildman–Crippen LogP) is 4.27. The minimum absolute atomic E-state index is 0.117. The number of aryl methyl sites for hydroxylation is 1. The van der Waals surface area contributed by atoms with E-state index in [-0.39, 0.29) is 17.1 Å². The molecule has 1 aromatic carbocycles. The maximum absolute atomic E-state index is 11.6. The maximum Gasteiger partial charge on any atom is 0.316 e. The number of methoxy groups -OCH3 is 1. The van der Waals surface area contributed by atoms with Crippen molar-refractivity contribution in [1.29, 1.82) is 0 Å². The summed E-state index contributed by atoms with van der Waals surface area (Å²) in [6.07, 6.45) is 0. The van der Waals surface area contributed by atoms with E-state index in [4.69, 9.17) is 14.8 Å². The highest BCUT2D eigenvalue weighted by molar-refractivity contribution is 7.99. The molecule has 0 saturated heterocycles. The molecule has 0 aliphatic heterocycles. The summed E-state index contributed by atoms with van der Waals surface area (Å²) in [6.45, 7) is 8.38. The molecule has 0 saturated carbocycles. The van der Waals surface area contributed by atoms with Crippen LogP contribution in [0.4, 0.5) is 0 Å². The number of hydrogen-bond donors (Lipinski definition) is 0. The second-order valence-corrected chi connectivity index (χ2v) is 8.15. The van der Waals surface area contributed by atoms with Crippen LogP contribution in [0.1, 0.15) is 32.2 Å². The minimum Gasteiger partial charge on any atom is -0.468 e. The molecule has 0 aliphatic rings. The fourth-order valence-electron chi connectivity index (χ4n) is 2.72. The Hall–Kier alpha value is -2.34. The SMILES string of the molecule is COC(=O)CSc1cc(C(C)(C)C)nc2c(-c3ccccc3)c(C)nn12. The molecule has 0 unspecified atom stereocenters. The first-order valence-electron chi connectivity index (χ1n) is 8.47. The van der Waals surface area contributed by atoms with E-state index >= 15 is 0 Å². The number of hydrogen-bond acceptors (Lipinski definition) is 5. The Morgan fingerprint density at radius 1 is 1.23 bits per heavy atom. The number of esters is 1. The van der Waals surface area contributed by atoms with Gasteiger partial charge in [0, 0.05) is 11.0 Å². The van der Waals surface area contributed by atoms with Crippen molar-refractivity contribution in [2.24, 2.45) is 0 Å². The predicted molar refractivity (Wildman–Crippen MR) is 105 cm³/mol. The number of benzene rings is 1. The lowest BCUT2D eigenvalue weighted by molar-refractivity contribution is -0.137. The summed E-state index contributed by atoms with van der Waals surface area (Å²) in [5.41, 5.74) is 4.69. The molecule has 3 aromatic rings. The molecule has 136 valence electrons. The molecule has 2 heterocycles.